The van der Waals surface area contributed by atoms with Gasteiger partial charge in [0.15, 0.2) is 0 Å². The van der Waals surface area contributed by atoms with E-state index >= 15 is 0 Å². The number of nitrogens with zero attached hydrogens (tertiary/aromatic N) is 1. The van der Waals surface area contributed by atoms with Crippen molar-refractivity contribution in [3.05, 3.63) is 0 Å². The molecule has 0 aromatic carbocycles. The molecular weight excluding hydrogens is 236 g/mol. The normalized spacial score (nSPS) is 24.2. The second-order valence-electron chi connectivity index (χ2n) is 7.07. The lowest BCUT2D eigenvalue weighted by Gasteiger charge is -2.34. The number of hydrogen-bond donors (Lipinski definition) is 2. The first-order valence-corrected chi connectivity index (χ1v) is 8.06. The Morgan fingerprint density at radius 1 is 1.26 bits per heavy atom. The van der Waals surface area contributed by atoms with Crippen LogP contribution in [0.2, 0.25) is 0 Å². The minimum atomic E-state index is 0.220. The summed E-state index contributed by atoms with van der Waals surface area (Å²) >= 11 is 0. The summed E-state index contributed by atoms with van der Waals surface area (Å²) in [5.41, 5.74) is 0.220. The summed E-state index contributed by atoms with van der Waals surface area (Å²) in [5.74, 6) is 0. The molecular formula is C16H34N2O. The molecule has 1 heterocycles. The van der Waals surface area contributed by atoms with E-state index in [1.807, 2.05) is 0 Å². The Labute approximate surface area is 119 Å². The van der Waals surface area contributed by atoms with Crippen molar-refractivity contribution in [3.63, 3.8) is 0 Å². The summed E-state index contributed by atoms with van der Waals surface area (Å²) in [6, 6.07) is 1.04. The summed E-state index contributed by atoms with van der Waals surface area (Å²) in [6.07, 6.45) is 5.94. The summed E-state index contributed by atoms with van der Waals surface area (Å²) in [6.45, 7) is 13.1. The average Bonchev–Trinajstić information content (AvgIpc) is 2.54. The van der Waals surface area contributed by atoms with Crippen molar-refractivity contribution in [2.75, 3.05) is 26.2 Å². The van der Waals surface area contributed by atoms with Crippen LogP contribution in [-0.4, -0.2) is 48.3 Å². The molecule has 0 aromatic rings. The maximum Gasteiger partial charge on any atom is 0.0446 e. The molecule has 3 heteroatoms. The molecule has 3 nitrogen and oxygen atoms in total. The van der Waals surface area contributed by atoms with Crippen LogP contribution in [0, 0.1) is 5.41 Å². The van der Waals surface area contributed by atoms with E-state index in [9.17, 15) is 5.11 Å². The zero-order valence-corrected chi connectivity index (χ0v) is 13.4. The van der Waals surface area contributed by atoms with Gasteiger partial charge in [-0.25, -0.2) is 0 Å². The van der Waals surface area contributed by atoms with Crippen LogP contribution in [0.3, 0.4) is 0 Å². The molecule has 2 unspecified atom stereocenters. The molecule has 114 valence electrons. The van der Waals surface area contributed by atoms with Crippen molar-refractivity contribution >= 4 is 0 Å². The SMILES string of the molecule is CCCN1CCCC(NC(CCO)C(C)(C)C)CC1. The molecule has 0 amide bonds. The van der Waals surface area contributed by atoms with Gasteiger partial charge >= 0.3 is 0 Å². The Bertz CT molecular complexity index is 237. The standard InChI is InChI=1S/C16H34N2O/c1-5-10-18-11-6-7-14(8-12-18)17-15(9-13-19)16(2,3)4/h14-15,17,19H,5-13H2,1-4H3. The van der Waals surface area contributed by atoms with Gasteiger partial charge in [0.1, 0.15) is 0 Å². The van der Waals surface area contributed by atoms with Crippen molar-refractivity contribution < 1.29 is 5.11 Å². The van der Waals surface area contributed by atoms with Crippen LogP contribution in [0.4, 0.5) is 0 Å². The molecule has 1 rings (SSSR count). The molecule has 0 bridgehead atoms. The van der Waals surface area contributed by atoms with Gasteiger partial charge in [-0.05, 0) is 57.2 Å². The van der Waals surface area contributed by atoms with E-state index in [-0.39, 0.29) is 12.0 Å². The van der Waals surface area contributed by atoms with Crippen LogP contribution in [-0.2, 0) is 0 Å². The van der Waals surface area contributed by atoms with Crippen LogP contribution < -0.4 is 5.32 Å². The highest BCUT2D eigenvalue weighted by Gasteiger charge is 2.27. The number of aliphatic hydroxyl groups excluding tert-OH is 1. The van der Waals surface area contributed by atoms with Gasteiger partial charge < -0.3 is 15.3 Å². The van der Waals surface area contributed by atoms with Gasteiger partial charge in [-0.1, -0.05) is 27.7 Å². The van der Waals surface area contributed by atoms with E-state index in [0.29, 0.717) is 12.1 Å². The van der Waals surface area contributed by atoms with Crippen LogP contribution in [0.25, 0.3) is 0 Å². The fourth-order valence-corrected chi connectivity index (χ4v) is 3.04. The van der Waals surface area contributed by atoms with E-state index in [2.05, 4.69) is 37.9 Å². The molecule has 2 atom stereocenters. The predicted molar refractivity (Wildman–Crippen MR) is 82.5 cm³/mol. The summed E-state index contributed by atoms with van der Waals surface area (Å²) < 4.78 is 0. The van der Waals surface area contributed by atoms with Crippen LogP contribution >= 0.6 is 0 Å². The maximum atomic E-state index is 9.25. The Morgan fingerprint density at radius 3 is 2.58 bits per heavy atom. The van der Waals surface area contributed by atoms with Crippen molar-refractivity contribution in [1.29, 1.82) is 0 Å². The summed E-state index contributed by atoms with van der Waals surface area (Å²) in [4.78, 5) is 2.60. The molecule has 1 aliphatic heterocycles. The average molecular weight is 270 g/mol. The number of hydrogen-bond acceptors (Lipinski definition) is 3. The molecule has 1 fully saturated rings. The Kier molecular flexibility index (Phi) is 7.33. The van der Waals surface area contributed by atoms with Crippen molar-refractivity contribution in [1.82, 2.24) is 10.2 Å². The van der Waals surface area contributed by atoms with Gasteiger partial charge in [0.25, 0.3) is 0 Å². The first kappa shape index (κ1) is 16.9. The van der Waals surface area contributed by atoms with Gasteiger partial charge in [-0.15, -0.1) is 0 Å². The quantitative estimate of drug-likeness (QED) is 0.779. The molecule has 1 saturated heterocycles. The highest BCUT2D eigenvalue weighted by Crippen LogP contribution is 2.23. The van der Waals surface area contributed by atoms with E-state index in [0.717, 1.165) is 6.42 Å². The lowest BCUT2D eigenvalue weighted by Crippen LogP contribution is -2.46. The fraction of sp³-hybridized carbons (Fsp3) is 1.00. The van der Waals surface area contributed by atoms with Crippen LogP contribution in [0.1, 0.15) is 59.8 Å². The number of aliphatic hydroxyl groups is 1. The Morgan fingerprint density at radius 2 is 2.00 bits per heavy atom. The Hall–Kier alpha value is -0.120. The molecule has 0 spiro atoms. The van der Waals surface area contributed by atoms with E-state index in [1.54, 1.807) is 0 Å². The minimum Gasteiger partial charge on any atom is -0.396 e. The van der Waals surface area contributed by atoms with Gasteiger partial charge in [-0.3, -0.25) is 0 Å². The van der Waals surface area contributed by atoms with Gasteiger partial charge in [-0.2, -0.15) is 0 Å². The summed E-state index contributed by atoms with van der Waals surface area (Å²) in [5, 5.41) is 13.1. The third-order valence-corrected chi connectivity index (χ3v) is 4.26. The van der Waals surface area contributed by atoms with Gasteiger partial charge in [0.2, 0.25) is 0 Å². The molecule has 19 heavy (non-hydrogen) atoms. The molecule has 1 aliphatic rings. The second kappa shape index (κ2) is 8.23. The van der Waals surface area contributed by atoms with Crippen LogP contribution in [0.15, 0.2) is 0 Å². The van der Waals surface area contributed by atoms with Gasteiger partial charge in [0.05, 0.1) is 0 Å². The fourth-order valence-electron chi connectivity index (χ4n) is 3.04. The molecule has 2 N–H and O–H groups in total. The third-order valence-electron chi connectivity index (χ3n) is 4.26. The molecule has 0 saturated carbocycles. The van der Waals surface area contributed by atoms with Crippen molar-refractivity contribution in [2.45, 2.75) is 71.9 Å². The highest BCUT2D eigenvalue weighted by molar-refractivity contribution is 4.85. The maximum absolute atomic E-state index is 9.25. The number of nitrogens with one attached hydrogen (secondary N) is 1. The lowest BCUT2D eigenvalue weighted by atomic mass is 9.84. The minimum absolute atomic E-state index is 0.220. The lowest BCUT2D eigenvalue weighted by molar-refractivity contribution is 0.181. The monoisotopic (exact) mass is 270 g/mol. The van der Waals surface area contributed by atoms with E-state index in [4.69, 9.17) is 0 Å². The molecule has 0 aliphatic carbocycles. The van der Waals surface area contributed by atoms with Crippen molar-refractivity contribution in [3.8, 4) is 0 Å². The smallest absolute Gasteiger partial charge is 0.0446 e. The first-order valence-electron chi connectivity index (χ1n) is 8.06. The van der Waals surface area contributed by atoms with Gasteiger partial charge in [0, 0.05) is 18.7 Å². The zero-order chi connectivity index (χ0) is 14.3. The largest absolute Gasteiger partial charge is 0.396 e. The third kappa shape index (κ3) is 6.24. The Balaban J connectivity index is 2.46. The molecule has 0 aromatic heterocycles. The first-order chi connectivity index (χ1) is 8.97. The number of likely N-dealkylation sites (tertiary alicyclic amines) is 1. The molecule has 0 radical (unpaired) electrons. The van der Waals surface area contributed by atoms with E-state index < -0.39 is 0 Å². The van der Waals surface area contributed by atoms with E-state index in [1.165, 1.54) is 45.3 Å². The second-order valence-corrected chi connectivity index (χ2v) is 7.07. The van der Waals surface area contributed by atoms with Crippen molar-refractivity contribution in [2.24, 2.45) is 5.41 Å². The topological polar surface area (TPSA) is 35.5 Å². The predicted octanol–water partition coefficient (Wildman–Crippen LogP) is 2.64. The highest BCUT2D eigenvalue weighted by atomic mass is 16.3. The number of rotatable bonds is 6. The van der Waals surface area contributed by atoms with Crippen LogP contribution in [0.5, 0.6) is 0 Å². The zero-order valence-electron chi connectivity index (χ0n) is 13.4. The summed E-state index contributed by atoms with van der Waals surface area (Å²) in [7, 11) is 0.